The fourth-order valence-corrected chi connectivity index (χ4v) is 0.785. The standard InChI is InChI=1S/C4H4N4O.ClH/c9-4-5-1-3-6-2-7-8(3)4;/h2H,1H2,(H,5,9);1H. The van der Waals surface area contributed by atoms with Gasteiger partial charge in [-0.25, -0.2) is 9.78 Å². The molecule has 0 unspecified atom stereocenters. The van der Waals surface area contributed by atoms with E-state index in [1.807, 2.05) is 0 Å². The molecule has 0 bridgehead atoms. The Bertz CT molecular complexity index is 258. The quantitative estimate of drug-likeness (QED) is 0.571. The maximum absolute atomic E-state index is 10.7. The van der Waals surface area contributed by atoms with Crippen LogP contribution in [0.15, 0.2) is 6.33 Å². The first kappa shape index (κ1) is 7.01. The number of carbonyl (C=O) groups excluding carboxylic acids is 1. The van der Waals surface area contributed by atoms with Crippen molar-refractivity contribution in [2.75, 3.05) is 0 Å². The zero-order valence-corrected chi connectivity index (χ0v) is 5.76. The van der Waals surface area contributed by atoms with Gasteiger partial charge in [0.25, 0.3) is 0 Å². The Hall–Kier alpha value is -1.10. The third kappa shape index (κ3) is 0.750. The third-order valence-electron chi connectivity index (χ3n) is 1.21. The van der Waals surface area contributed by atoms with Gasteiger partial charge in [0.1, 0.15) is 6.33 Å². The van der Waals surface area contributed by atoms with E-state index in [4.69, 9.17) is 0 Å². The van der Waals surface area contributed by atoms with E-state index < -0.39 is 0 Å². The van der Waals surface area contributed by atoms with Crippen molar-refractivity contribution in [1.82, 2.24) is 20.1 Å². The van der Waals surface area contributed by atoms with E-state index >= 15 is 0 Å². The molecule has 6 heteroatoms. The van der Waals surface area contributed by atoms with Crippen LogP contribution < -0.4 is 5.32 Å². The molecule has 0 aromatic carbocycles. The Morgan fingerprint density at radius 2 is 2.50 bits per heavy atom. The number of fused-ring (bicyclic) bond motifs is 1. The highest BCUT2D eigenvalue weighted by molar-refractivity contribution is 5.85. The van der Waals surface area contributed by atoms with Gasteiger partial charge in [0.05, 0.1) is 6.54 Å². The van der Waals surface area contributed by atoms with Gasteiger partial charge in [-0.2, -0.15) is 9.78 Å². The van der Waals surface area contributed by atoms with E-state index in [-0.39, 0.29) is 18.4 Å². The van der Waals surface area contributed by atoms with Gasteiger partial charge in [-0.05, 0) is 0 Å². The number of rotatable bonds is 0. The van der Waals surface area contributed by atoms with Crippen LogP contribution in [0.25, 0.3) is 0 Å². The molecule has 0 fully saturated rings. The molecule has 1 aliphatic heterocycles. The number of nitrogens with zero attached hydrogens (tertiary/aromatic N) is 3. The molecule has 5 nitrogen and oxygen atoms in total. The Balaban J connectivity index is 0.000000500. The molecule has 0 saturated heterocycles. The van der Waals surface area contributed by atoms with E-state index in [0.29, 0.717) is 12.4 Å². The van der Waals surface area contributed by atoms with Gasteiger partial charge in [0, 0.05) is 0 Å². The second kappa shape index (κ2) is 2.26. The summed E-state index contributed by atoms with van der Waals surface area (Å²) in [6.45, 7) is 0.499. The minimum absolute atomic E-state index is 0. The topological polar surface area (TPSA) is 59.8 Å². The first-order valence-corrected chi connectivity index (χ1v) is 2.55. The maximum Gasteiger partial charge on any atom is 0.344 e. The van der Waals surface area contributed by atoms with Crippen LogP contribution in [0.2, 0.25) is 0 Å². The van der Waals surface area contributed by atoms with E-state index in [1.54, 1.807) is 0 Å². The Kier molecular flexibility index (Phi) is 1.58. The fraction of sp³-hybridized carbons (Fsp3) is 0.250. The minimum atomic E-state index is -0.192. The van der Waals surface area contributed by atoms with Crippen molar-refractivity contribution in [3.63, 3.8) is 0 Å². The lowest BCUT2D eigenvalue weighted by molar-refractivity contribution is 0.244. The summed E-state index contributed by atoms with van der Waals surface area (Å²) in [5.74, 6) is 0.681. The summed E-state index contributed by atoms with van der Waals surface area (Å²) in [5, 5.41) is 6.24. The Morgan fingerprint density at radius 1 is 1.70 bits per heavy atom. The van der Waals surface area contributed by atoms with Gasteiger partial charge in [-0.15, -0.1) is 12.4 Å². The van der Waals surface area contributed by atoms with Crippen LogP contribution in [-0.2, 0) is 6.54 Å². The predicted octanol–water partition coefficient (Wildman–Crippen LogP) is -0.229. The van der Waals surface area contributed by atoms with Crippen LogP contribution in [0.1, 0.15) is 5.82 Å². The number of hydrogen-bond acceptors (Lipinski definition) is 3. The van der Waals surface area contributed by atoms with Gasteiger partial charge >= 0.3 is 6.03 Å². The van der Waals surface area contributed by atoms with Crippen molar-refractivity contribution in [2.45, 2.75) is 6.54 Å². The van der Waals surface area contributed by atoms with Crippen molar-refractivity contribution in [1.29, 1.82) is 0 Å². The first-order chi connectivity index (χ1) is 4.38. The molecule has 54 valence electrons. The van der Waals surface area contributed by atoms with E-state index in [1.165, 1.54) is 11.0 Å². The Labute approximate surface area is 62.8 Å². The summed E-state index contributed by atoms with van der Waals surface area (Å²) >= 11 is 0. The van der Waals surface area contributed by atoms with Crippen molar-refractivity contribution in [3.05, 3.63) is 12.2 Å². The van der Waals surface area contributed by atoms with Crippen LogP contribution in [0.4, 0.5) is 4.79 Å². The number of amides is 1. The van der Waals surface area contributed by atoms with E-state index in [9.17, 15) is 4.79 Å². The highest BCUT2D eigenvalue weighted by Crippen LogP contribution is 1.98. The molecule has 0 saturated carbocycles. The molecule has 0 radical (unpaired) electrons. The van der Waals surface area contributed by atoms with Gasteiger partial charge in [-0.1, -0.05) is 0 Å². The zero-order chi connectivity index (χ0) is 6.27. The van der Waals surface area contributed by atoms with Crippen LogP contribution in [-0.4, -0.2) is 20.8 Å². The molecule has 1 aliphatic rings. The molecule has 2 heterocycles. The number of carbonyl (C=O) groups is 1. The van der Waals surface area contributed by atoms with Crippen molar-refractivity contribution >= 4 is 18.4 Å². The lowest BCUT2D eigenvalue weighted by Crippen LogP contribution is -2.18. The van der Waals surface area contributed by atoms with Crippen LogP contribution in [0.3, 0.4) is 0 Å². The third-order valence-corrected chi connectivity index (χ3v) is 1.21. The normalized spacial score (nSPS) is 13.8. The molecule has 1 aromatic rings. The number of hydrogen-bond donors (Lipinski definition) is 1. The van der Waals surface area contributed by atoms with Crippen LogP contribution >= 0.6 is 12.4 Å². The summed E-state index contributed by atoms with van der Waals surface area (Å²) in [4.78, 5) is 14.5. The molecule has 0 aliphatic carbocycles. The van der Waals surface area contributed by atoms with Crippen molar-refractivity contribution in [2.24, 2.45) is 0 Å². The van der Waals surface area contributed by atoms with Gasteiger partial charge in [-0.3, -0.25) is 0 Å². The predicted molar refractivity (Wildman–Crippen MR) is 34.9 cm³/mol. The summed E-state index contributed by atoms with van der Waals surface area (Å²) < 4.78 is 1.25. The molecule has 1 aromatic heterocycles. The molecular formula is C4H5ClN4O. The monoisotopic (exact) mass is 160 g/mol. The SMILES string of the molecule is Cl.O=C1NCc2ncnn21. The first-order valence-electron chi connectivity index (χ1n) is 2.55. The molecule has 1 N–H and O–H groups in total. The summed E-state index contributed by atoms with van der Waals surface area (Å²) in [7, 11) is 0. The molecule has 2 rings (SSSR count). The van der Waals surface area contributed by atoms with Gasteiger partial charge in [0.15, 0.2) is 5.82 Å². The van der Waals surface area contributed by atoms with Crippen LogP contribution in [0, 0.1) is 0 Å². The van der Waals surface area contributed by atoms with Crippen molar-refractivity contribution < 1.29 is 4.79 Å². The smallest absolute Gasteiger partial charge is 0.329 e. The number of aromatic nitrogens is 3. The average Bonchev–Trinajstić information content (AvgIpc) is 2.35. The minimum Gasteiger partial charge on any atom is -0.329 e. The Morgan fingerprint density at radius 3 is 3.20 bits per heavy atom. The largest absolute Gasteiger partial charge is 0.344 e. The van der Waals surface area contributed by atoms with Crippen LogP contribution in [0.5, 0.6) is 0 Å². The maximum atomic E-state index is 10.7. The lowest BCUT2D eigenvalue weighted by atomic mass is 10.6. The highest BCUT2D eigenvalue weighted by Gasteiger charge is 2.18. The molecule has 0 atom stereocenters. The summed E-state index contributed by atoms with van der Waals surface area (Å²) in [6.07, 6.45) is 1.37. The van der Waals surface area contributed by atoms with Crippen molar-refractivity contribution in [3.8, 4) is 0 Å². The molecule has 1 amide bonds. The molecule has 0 spiro atoms. The van der Waals surface area contributed by atoms with E-state index in [2.05, 4.69) is 15.4 Å². The zero-order valence-electron chi connectivity index (χ0n) is 4.94. The fourth-order valence-electron chi connectivity index (χ4n) is 0.785. The molecular weight excluding hydrogens is 156 g/mol. The summed E-state index contributed by atoms with van der Waals surface area (Å²) in [5.41, 5.74) is 0. The van der Waals surface area contributed by atoms with E-state index in [0.717, 1.165) is 0 Å². The van der Waals surface area contributed by atoms with Gasteiger partial charge < -0.3 is 5.32 Å². The highest BCUT2D eigenvalue weighted by atomic mass is 35.5. The van der Waals surface area contributed by atoms with Gasteiger partial charge in [0.2, 0.25) is 0 Å². The average molecular weight is 161 g/mol. The number of halogens is 1. The summed E-state index contributed by atoms with van der Waals surface area (Å²) in [6, 6.07) is -0.192. The second-order valence-electron chi connectivity index (χ2n) is 1.75. The molecule has 10 heavy (non-hydrogen) atoms. The lowest BCUT2D eigenvalue weighted by Gasteiger charge is -1.85. The second-order valence-corrected chi connectivity index (χ2v) is 1.75. The number of nitrogens with one attached hydrogen (secondary N) is 1.